The van der Waals surface area contributed by atoms with Crippen LogP contribution >= 0.6 is 11.6 Å². The van der Waals surface area contributed by atoms with E-state index < -0.39 is 11.9 Å². The summed E-state index contributed by atoms with van der Waals surface area (Å²) in [5.74, 6) is 0.109. The number of nitrogens with one attached hydrogen (secondary N) is 2. The molecule has 182 valence electrons. The monoisotopic (exact) mass is 494 g/mol. The summed E-state index contributed by atoms with van der Waals surface area (Å²) in [6, 6.07) is 19.5. The predicted octanol–water partition coefficient (Wildman–Crippen LogP) is 6.04. The topological polar surface area (TPSA) is 93.7 Å². The van der Waals surface area contributed by atoms with E-state index in [1.54, 1.807) is 54.6 Å². The average molecular weight is 495 g/mol. The summed E-state index contributed by atoms with van der Waals surface area (Å²) in [5.41, 5.74) is 3.32. The molecule has 0 aliphatic carbocycles. The molecule has 0 saturated heterocycles. The molecule has 0 atom stereocenters. The van der Waals surface area contributed by atoms with Crippen molar-refractivity contribution < 1.29 is 23.9 Å². The Morgan fingerprint density at radius 2 is 1.46 bits per heavy atom. The minimum absolute atomic E-state index is 0.0397. The number of carbonyl (C=O) groups excluding carboxylic acids is 3. The number of benzene rings is 3. The number of rotatable bonds is 10. The zero-order valence-corrected chi connectivity index (χ0v) is 20.4. The fraction of sp³-hybridized carbons (Fsp3) is 0.222. The number of aryl methyl sites for hydroxylation is 1. The molecule has 0 aliphatic rings. The van der Waals surface area contributed by atoms with Gasteiger partial charge in [0.15, 0.2) is 6.61 Å². The predicted molar refractivity (Wildman–Crippen MR) is 136 cm³/mol. The summed E-state index contributed by atoms with van der Waals surface area (Å²) in [6.45, 7) is 3.49. The first-order chi connectivity index (χ1) is 16.8. The fourth-order valence-corrected chi connectivity index (χ4v) is 3.28. The molecule has 0 aliphatic heterocycles. The van der Waals surface area contributed by atoms with Gasteiger partial charge in [-0.3, -0.25) is 14.4 Å². The maximum atomic E-state index is 12.2. The van der Waals surface area contributed by atoms with Gasteiger partial charge in [0.1, 0.15) is 11.5 Å². The SMILES string of the molecule is Cc1cccc(NC(=O)COC(=O)CCCC(=O)Nc2ccc(Oc3ccc(Cl)cc3)cc2)c1C. The highest BCUT2D eigenvalue weighted by molar-refractivity contribution is 6.30. The summed E-state index contributed by atoms with van der Waals surface area (Å²) < 4.78 is 10.7. The Morgan fingerprint density at radius 3 is 2.14 bits per heavy atom. The number of amides is 2. The molecule has 7 nitrogen and oxygen atoms in total. The van der Waals surface area contributed by atoms with E-state index in [1.807, 2.05) is 26.0 Å². The van der Waals surface area contributed by atoms with Crippen molar-refractivity contribution >= 4 is 40.8 Å². The van der Waals surface area contributed by atoms with Gasteiger partial charge in [0.05, 0.1) is 0 Å². The standard InChI is InChI=1S/C27H27ClN2O5/c1-18-5-3-6-24(19(18)2)30-26(32)17-34-27(33)8-4-7-25(31)29-21-11-15-23(16-12-21)35-22-13-9-20(28)10-14-22/h3,5-6,9-16H,4,7-8,17H2,1-2H3,(H,29,31)(H,30,32). The average Bonchev–Trinajstić information content (AvgIpc) is 2.83. The van der Waals surface area contributed by atoms with Crippen molar-refractivity contribution in [1.82, 2.24) is 0 Å². The van der Waals surface area contributed by atoms with Gasteiger partial charge in [-0.05, 0) is 86.0 Å². The van der Waals surface area contributed by atoms with Crippen LogP contribution in [0.3, 0.4) is 0 Å². The zero-order valence-electron chi connectivity index (χ0n) is 19.6. The van der Waals surface area contributed by atoms with E-state index in [0.29, 0.717) is 34.3 Å². The molecule has 2 N–H and O–H groups in total. The summed E-state index contributed by atoms with van der Waals surface area (Å²) in [5, 5.41) is 6.13. The second kappa shape index (κ2) is 12.6. The Labute approximate surface area is 209 Å². The van der Waals surface area contributed by atoms with E-state index >= 15 is 0 Å². The highest BCUT2D eigenvalue weighted by Crippen LogP contribution is 2.24. The van der Waals surface area contributed by atoms with Crippen LogP contribution in [0.2, 0.25) is 5.02 Å². The van der Waals surface area contributed by atoms with Gasteiger partial charge < -0.3 is 20.1 Å². The first-order valence-electron chi connectivity index (χ1n) is 11.1. The fourth-order valence-electron chi connectivity index (χ4n) is 3.15. The minimum atomic E-state index is -0.530. The van der Waals surface area contributed by atoms with Crippen LogP contribution in [0.1, 0.15) is 30.4 Å². The molecule has 2 amide bonds. The molecule has 3 aromatic rings. The summed E-state index contributed by atoms with van der Waals surface area (Å²) in [7, 11) is 0. The van der Waals surface area contributed by atoms with E-state index in [0.717, 1.165) is 11.1 Å². The Kier molecular flexibility index (Phi) is 9.26. The van der Waals surface area contributed by atoms with Crippen molar-refractivity contribution in [2.75, 3.05) is 17.2 Å². The van der Waals surface area contributed by atoms with Crippen molar-refractivity contribution in [1.29, 1.82) is 0 Å². The first-order valence-corrected chi connectivity index (χ1v) is 11.5. The Bertz CT molecular complexity index is 1180. The molecule has 0 unspecified atom stereocenters. The second-order valence-corrected chi connectivity index (χ2v) is 8.37. The van der Waals surface area contributed by atoms with Crippen LogP contribution in [-0.2, 0) is 19.1 Å². The number of anilines is 2. The van der Waals surface area contributed by atoms with Crippen molar-refractivity contribution in [2.45, 2.75) is 33.1 Å². The van der Waals surface area contributed by atoms with E-state index in [1.165, 1.54) is 0 Å². The molecule has 35 heavy (non-hydrogen) atoms. The third-order valence-electron chi connectivity index (χ3n) is 5.22. The number of hydrogen-bond donors (Lipinski definition) is 2. The number of carbonyl (C=O) groups is 3. The molecule has 8 heteroatoms. The van der Waals surface area contributed by atoms with Gasteiger partial charge in [-0.15, -0.1) is 0 Å². The van der Waals surface area contributed by atoms with E-state index in [2.05, 4.69) is 10.6 Å². The van der Waals surface area contributed by atoms with Crippen molar-refractivity contribution in [3.05, 3.63) is 82.9 Å². The number of ether oxygens (including phenoxy) is 2. The molecule has 0 fully saturated rings. The van der Waals surface area contributed by atoms with E-state index in [4.69, 9.17) is 21.1 Å². The molecule has 3 rings (SSSR count). The molecule has 0 bridgehead atoms. The van der Waals surface area contributed by atoms with E-state index in [9.17, 15) is 14.4 Å². The highest BCUT2D eigenvalue weighted by Gasteiger charge is 2.11. The first kappa shape index (κ1) is 25.8. The van der Waals surface area contributed by atoms with Gasteiger partial charge in [0.2, 0.25) is 5.91 Å². The third kappa shape index (κ3) is 8.46. The Morgan fingerprint density at radius 1 is 0.800 bits per heavy atom. The van der Waals surface area contributed by atoms with Gasteiger partial charge in [-0.25, -0.2) is 0 Å². The number of hydrogen-bond acceptors (Lipinski definition) is 5. The highest BCUT2D eigenvalue weighted by atomic mass is 35.5. The van der Waals surface area contributed by atoms with Crippen LogP contribution in [0.4, 0.5) is 11.4 Å². The Hall–Kier alpha value is -3.84. The van der Waals surface area contributed by atoms with Crippen LogP contribution < -0.4 is 15.4 Å². The summed E-state index contributed by atoms with van der Waals surface area (Å²) >= 11 is 5.86. The lowest BCUT2D eigenvalue weighted by Gasteiger charge is -2.10. The second-order valence-electron chi connectivity index (χ2n) is 7.94. The molecular formula is C27H27ClN2O5. The molecule has 0 radical (unpaired) electrons. The maximum Gasteiger partial charge on any atom is 0.306 e. The number of esters is 1. The van der Waals surface area contributed by atoms with Crippen LogP contribution in [-0.4, -0.2) is 24.4 Å². The molecule has 0 spiro atoms. The molecule has 0 aromatic heterocycles. The van der Waals surface area contributed by atoms with Gasteiger partial charge >= 0.3 is 5.97 Å². The lowest BCUT2D eigenvalue weighted by atomic mass is 10.1. The summed E-state index contributed by atoms with van der Waals surface area (Å²) in [4.78, 5) is 36.1. The maximum absolute atomic E-state index is 12.2. The minimum Gasteiger partial charge on any atom is -0.457 e. The largest absolute Gasteiger partial charge is 0.457 e. The van der Waals surface area contributed by atoms with Gasteiger partial charge in [0.25, 0.3) is 5.91 Å². The summed E-state index contributed by atoms with van der Waals surface area (Å²) in [6.07, 6.45) is 0.492. The van der Waals surface area contributed by atoms with Crippen molar-refractivity contribution in [2.24, 2.45) is 0 Å². The quantitative estimate of drug-likeness (QED) is 0.335. The van der Waals surface area contributed by atoms with Crippen LogP contribution in [0.5, 0.6) is 11.5 Å². The van der Waals surface area contributed by atoms with Gasteiger partial charge in [0, 0.05) is 29.2 Å². The van der Waals surface area contributed by atoms with Crippen LogP contribution in [0.15, 0.2) is 66.7 Å². The lowest BCUT2D eigenvalue weighted by molar-refractivity contribution is -0.147. The molecule has 0 heterocycles. The Balaban J connectivity index is 1.33. The van der Waals surface area contributed by atoms with Crippen molar-refractivity contribution in [3.63, 3.8) is 0 Å². The third-order valence-corrected chi connectivity index (χ3v) is 5.47. The van der Waals surface area contributed by atoms with Crippen LogP contribution in [0, 0.1) is 13.8 Å². The molecule has 3 aromatic carbocycles. The van der Waals surface area contributed by atoms with E-state index in [-0.39, 0.29) is 25.4 Å². The van der Waals surface area contributed by atoms with Gasteiger partial charge in [-0.2, -0.15) is 0 Å². The van der Waals surface area contributed by atoms with Gasteiger partial charge in [-0.1, -0.05) is 23.7 Å². The lowest BCUT2D eigenvalue weighted by Crippen LogP contribution is -2.21. The molecule has 0 saturated carbocycles. The van der Waals surface area contributed by atoms with Crippen LogP contribution in [0.25, 0.3) is 0 Å². The number of halogens is 1. The normalized spacial score (nSPS) is 10.4. The smallest absolute Gasteiger partial charge is 0.306 e. The zero-order chi connectivity index (χ0) is 25.2. The van der Waals surface area contributed by atoms with Crippen molar-refractivity contribution in [3.8, 4) is 11.5 Å². The molecular weight excluding hydrogens is 468 g/mol.